The average molecular weight is 194 g/mol. The van der Waals surface area contributed by atoms with Crippen LogP contribution >= 0.6 is 0 Å². The second kappa shape index (κ2) is 5.82. The van der Waals surface area contributed by atoms with Crippen molar-refractivity contribution in [1.82, 2.24) is 0 Å². The molecule has 1 rings (SSSR count). The molecule has 1 aromatic rings. The van der Waals surface area contributed by atoms with Gasteiger partial charge < -0.3 is 5.11 Å². The third-order valence-corrected chi connectivity index (χ3v) is 1.94. The van der Waals surface area contributed by atoms with Crippen LogP contribution in [0.2, 0.25) is 0 Å². The zero-order valence-corrected chi connectivity index (χ0v) is 9.91. The van der Waals surface area contributed by atoms with Crippen LogP contribution in [0.1, 0.15) is 46.3 Å². The maximum atomic E-state index is 9.86. The quantitative estimate of drug-likeness (QED) is 0.721. The highest BCUT2D eigenvalue weighted by atomic mass is 16.3. The SMILES string of the molecule is CC.CC(C)(C)C(O)c1ccccc1. The Bertz CT molecular complexity index is 233. The first-order valence-corrected chi connectivity index (χ1v) is 5.25. The first-order chi connectivity index (χ1) is 6.52. The molecule has 1 nitrogen and oxygen atoms in total. The Labute approximate surface area is 87.8 Å². The van der Waals surface area contributed by atoms with Crippen molar-refractivity contribution < 1.29 is 5.11 Å². The third-order valence-electron chi connectivity index (χ3n) is 1.94. The van der Waals surface area contributed by atoms with E-state index in [1.54, 1.807) is 0 Å². The van der Waals surface area contributed by atoms with E-state index in [0.717, 1.165) is 5.56 Å². The van der Waals surface area contributed by atoms with Gasteiger partial charge >= 0.3 is 0 Å². The molecule has 80 valence electrons. The van der Waals surface area contributed by atoms with E-state index in [0.29, 0.717) is 0 Å². The highest BCUT2D eigenvalue weighted by molar-refractivity contribution is 5.18. The highest BCUT2D eigenvalue weighted by Crippen LogP contribution is 2.31. The van der Waals surface area contributed by atoms with Gasteiger partial charge in [0.05, 0.1) is 6.10 Å². The molecule has 0 heterocycles. The van der Waals surface area contributed by atoms with Gasteiger partial charge in [-0.2, -0.15) is 0 Å². The molecule has 1 aromatic carbocycles. The van der Waals surface area contributed by atoms with Gasteiger partial charge in [0.1, 0.15) is 0 Å². The summed E-state index contributed by atoms with van der Waals surface area (Å²) in [4.78, 5) is 0. The number of hydrogen-bond acceptors (Lipinski definition) is 1. The van der Waals surface area contributed by atoms with Gasteiger partial charge in [-0.05, 0) is 11.0 Å². The molecule has 0 aliphatic heterocycles. The largest absolute Gasteiger partial charge is 0.388 e. The van der Waals surface area contributed by atoms with E-state index in [1.165, 1.54) is 0 Å². The lowest BCUT2D eigenvalue weighted by Gasteiger charge is -2.25. The minimum Gasteiger partial charge on any atom is -0.388 e. The van der Waals surface area contributed by atoms with E-state index in [2.05, 4.69) is 0 Å². The van der Waals surface area contributed by atoms with Gasteiger partial charge in [-0.1, -0.05) is 65.0 Å². The van der Waals surface area contributed by atoms with Crippen molar-refractivity contribution in [2.75, 3.05) is 0 Å². The normalized spacial score (nSPS) is 12.7. The summed E-state index contributed by atoms with van der Waals surface area (Å²) < 4.78 is 0. The lowest BCUT2D eigenvalue weighted by molar-refractivity contribution is 0.0627. The molecule has 1 heteroatoms. The summed E-state index contributed by atoms with van der Waals surface area (Å²) in [6.07, 6.45) is -0.376. The Morgan fingerprint density at radius 2 is 1.43 bits per heavy atom. The first-order valence-electron chi connectivity index (χ1n) is 5.25. The monoisotopic (exact) mass is 194 g/mol. The predicted molar refractivity (Wildman–Crippen MR) is 62.2 cm³/mol. The maximum absolute atomic E-state index is 9.86. The van der Waals surface area contributed by atoms with E-state index in [4.69, 9.17) is 0 Å². The predicted octanol–water partition coefficient (Wildman–Crippen LogP) is 3.79. The summed E-state index contributed by atoms with van der Waals surface area (Å²) >= 11 is 0. The minimum atomic E-state index is -0.376. The summed E-state index contributed by atoms with van der Waals surface area (Å²) in [5.41, 5.74) is 0.909. The van der Waals surface area contributed by atoms with Crippen LogP contribution in [0.15, 0.2) is 30.3 Å². The Hall–Kier alpha value is -0.820. The van der Waals surface area contributed by atoms with Crippen LogP contribution in [0.3, 0.4) is 0 Å². The van der Waals surface area contributed by atoms with Gasteiger partial charge in [-0.3, -0.25) is 0 Å². The topological polar surface area (TPSA) is 20.2 Å². The zero-order valence-electron chi connectivity index (χ0n) is 9.91. The van der Waals surface area contributed by atoms with Gasteiger partial charge in [-0.25, -0.2) is 0 Å². The number of aliphatic hydroxyl groups excluding tert-OH is 1. The molecule has 0 saturated carbocycles. The van der Waals surface area contributed by atoms with Gasteiger partial charge in [-0.15, -0.1) is 0 Å². The Morgan fingerprint density at radius 3 is 1.79 bits per heavy atom. The average Bonchev–Trinajstić information content (AvgIpc) is 2.20. The van der Waals surface area contributed by atoms with Crippen molar-refractivity contribution >= 4 is 0 Å². The van der Waals surface area contributed by atoms with E-state index >= 15 is 0 Å². The van der Waals surface area contributed by atoms with Crippen molar-refractivity contribution in [3.63, 3.8) is 0 Å². The number of rotatable bonds is 1. The van der Waals surface area contributed by atoms with Crippen molar-refractivity contribution in [3.8, 4) is 0 Å². The molecule has 0 aliphatic carbocycles. The molecule has 14 heavy (non-hydrogen) atoms. The minimum absolute atomic E-state index is 0.0820. The van der Waals surface area contributed by atoms with Crippen molar-refractivity contribution in [2.24, 2.45) is 5.41 Å². The van der Waals surface area contributed by atoms with Crippen LogP contribution < -0.4 is 0 Å². The van der Waals surface area contributed by atoms with Crippen LogP contribution in [-0.2, 0) is 0 Å². The van der Waals surface area contributed by atoms with Gasteiger partial charge in [0.2, 0.25) is 0 Å². The molecule has 1 atom stereocenters. The smallest absolute Gasteiger partial charge is 0.0838 e. The Kier molecular flexibility index (Phi) is 5.47. The molecule has 0 aliphatic rings. The van der Waals surface area contributed by atoms with Gasteiger partial charge in [0, 0.05) is 0 Å². The van der Waals surface area contributed by atoms with E-state index in [-0.39, 0.29) is 11.5 Å². The first kappa shape index (κ1) is 13.2. The number of benzene rings is 1. The second-order valence-corrected chi connectivity index (χ2v) is 4.18. The van der Waals surface area contributed by atoms with Gasteiger partial charge in [0.25, 0.3) is 0 Å². The van der Waals surface area contributed by atoms with Crippen LogP contribution in [0.25, 0.3) is 0 Å². The Balaban J connectivity index is 0.000000791. The molecule has 0 spiro atoms. The maximum Gasteiger partial charge on any atom is 0.0838 e. The van der Waals surface area contributed by atoms with Crippen molar-refractivity contribution in [2.45, 2.75) is 40.7 Å². The molecule has 0 saturated heterocycles. The molecule has 0 radical (unpaired) electrons. The van der Waals surface area contributed by atoms with Crippen LogP contribution in [0, 0.1) is 5.41 Å². The van der Waals surface area contributed by atoms with Crippen LogP contribution in [0.4, 0.5) is 0 Å². The molecule has 1 N–H and O–H groups in total. The Morgan fingerprint density at radius 1 is 1.00 bits per heavy atom. The van der Waals surface area contributed by atoms with E-state index in [1.807, 2.05) is 65.0 Å². The van der Waals surface area contributed by atoms with Crippen molar-refractivity contribution in [1.29, 1.82) is 0 Å². The van der Waals surface area contributed by atoms with E-state index in [9.17, 15) is 5.11 Å². The summed E-state index contributed by atoms with van der Waals surface area (Å²) in [5, 5.41) is 9.86. The molecule has 0 bridgehead atoms. The number of hydrogen-bond donors (Lipinski definition) is 1. The fraction of sp³-hybridized carbons (Fsp3) is 0.538. The molecule has 1 unspecified atom stereocenters. The lowest BCUT2D eigenvalue weighted by Crippen LogP contribution is -2.17. The molecule has 0 amide bonds. The van der Waals surface area contributed by atoms with Crippen LogP contribution in [-0.4, -0.2) is 5.11 Å². The summed E-state index contributed by atoms with van der Waals surface area (Å²) in [5.74, 6) is 0. The fourth-order valence-electron chi connectivity index (χ4n) is 1.14. The van der Waals surface area contributed by atoms with E-state index < -0.39 is 0 Å². The molecular formula is C13H22O. The molecular weight excluding hydrogens is 172 g/mol. The lowest BCUT2D eigenvalue weighted by atomic mass is 9.85. The summed E-state index contributed by atoms with van der Waals surface area (Å²) in [7, 11) is 0. The number of aliphatic hydroxyl groups is 1. The second-order valence-electron chi connectivity index (χ2n) is 4.18. The third kappa shape index (κ3) is 3.93. The summed E-state index contributed by atoms with van der Waals surface area (Å²) in [6.45, 7) is 10.1. The highest BCUT2D eigenvalue weighted by Gasteiger charge is 2.22. The fourth-order valence-corrected chi connectivity index (χ4v) is 1.14. The molecule has 0 fully saturated rings. The van der Waals surface area contributed by atoms with Crippen LogP contribution in [0.5, 0.6) is 0 Å². The van der Waals surface area contributed by atoms with Crippen molar-refractivity contribution in [3.05, 3.63) is 35.9 Å². The van der Waals surface area contributed by atoms with Gasteiger partial charge in [0.15, 0.2) is 0 Å². The molecule has 0 aromatic heterocycles. The summed E-state index contributed by atoms with van der Waals surface area (Å²) in [6, 6.07) is 9.76. The zero-order chi connectivity index (χ0) is 11.2. The standard InChI is InChI=1S/C11H16O.C2H6/c1-11(2,3)10(12)9-7-5-4-6-8-9;1-2/h4-8,10,12H,1-3H3;1-2H3.